The van der Waals surface area contributed by atoms with Gasteiger partial charge in [0, 0.05) is 10.9 Å². The van der Waals surface area contributed by atoms with Crippen LogP contribution in [0.2, 0.25) is 0 Å². The second-order valence-electron chi connectivity index (χ2n) is 2.01. The zero-order valence-corrected chi connectivity index (χ0v) is 6.48. The molecule has 54 valence electrons. The van der Waals surface area contributed by atoms with Gasteiger partial charge in [-0.05, 0) is 0 Å². The van der Waals surface area contributed by atoms with Crippen LogP contribution in [0.1, 0.15) is 4.11 Å². The molecule has 1 heterocycles. The summed E-state index contributed by atoms with van der Waals surface area (Å²) < 4.78 is 22.6. The molecule has 0 fully saturated rings. The van der Waals surface area contributed by atoms with Crippen molar-refractivity contribution in [3.8, 4) is 11.3 Å². The lowest BCUT2D eigenvalue weighted by molar-refractivity contribution is 1.41. The van der Waals surface area contributed by atoms with Crippen LogP contribution in [-0.2, 0) is 0 Å². The summed E-state index contributed by atoms with van der Waals surface area (Å²) in [5.41, 5.74) is 1.26. The van der Waals surface area contributed by atoms with Gasteiger partial charge in [-0.25, -0.2) is 4.98 Å². The van der Waals surface area contributed by atoms with Crippen molar-refractivity contribution in [3.63, 3.8) is 0 Å². The van der Waals surface area contributed by atoms with Crippen molar-refractivity contribution in [2.45, 2.75) is 0 Å². The van der Waals surface area contributed by atoms with Crippen molar-refractivity contribution in [1.29, 1.82) is 0 Å². The lowest BCUT2D eigenvalue weighted by Crippen LogP contribution is -1.73. The Morgan fingerprint density at radius 3 is 2.73 bits per heavy atom. The van der Waals surface area contributed by atoms with Crippen LogP contribution in [0.25, 0.3) is 11.3 Å². The average Bonchev–Trinajstić information content (AvgIpc) is 2.51. The SMILES string of the molecule is [2H]c1nc(-c2c([2H])cccc2[2H])cs1. The molecule has 0 aliphatic heterocycles. The van der Waals surface area contributed by atoms with Gasteiger partial charge in [0.05, 0.1) is 15.3 Å². The number of aromatic nitrogens is 1. The van der Waals surface area contributed by atoms with Crippen LogP contribution in [-0.4, -0.2) is 4.98 Å². The second kappa shape index (κ2) is 2.84. The molecular weight excluding hydrogens is 154 g/mol. The van der Waals surface area contributed by atoms with Gasteiger partial charge < -0.3 is 0 Å². The molecule has 2 heteroatoms. The maximum Gasteiger partial charge on any atom is 0.0960 e. The first-order chi connectivity index (χ1) is 6.68. The molecule has 0 aliphatic carbocycles. The van der Waals surface area contributed by atoms with E-state index in [0.29, 0.717) is 11.3 Å². The Bertz CT molecular complexity index is 447. The number of nitrogens with zero attached hydrogens (tertiary/aromatic N) is 1. The number of thiazole rings is 1. The summed E-state index contributed by atoms with van der Waals surface area (Å²) in [6, 6.07) is 5.47. The van der Waals surface area contributed by atoms with E-state index in [2.05, 4.69) is 4.98 Å². The van der Waals surface area contributed by atoms with Gasteiger partial charge in [-0.15, -0.1) is 11.3 Å². The summed E-state index contributed by atoms with van der Waals surface area (Å²) in [4.78, 5) is 3.95. The fourth-order valence-corrected chi connectivity index (χ4v) is 1.29. The van der Waals surface area contributed by atoms with Crippen molar-refractivity contribution in [2.75, 3.05) is 0 Å². The van der Waals surface area contributed by atoms with Crippen LogP contribution in [0.3, 0.4) is 0 Å². The molecule has 0 saturated heterocycles. The highest BCUT2D eigenvalue weighted by Gasteiger charge is 1.95. The molecule has 0 spiro atoms. The number of rotatable bonds is 1. The summed E-state index contributed by atoms with van der Waals surface area (Å²) in [7, 11) is 0. The molecule has 0 N–H and O–H groups in total. The topological polar surface area (TPSA) is 12.9 Å². The minimum atomic E-state index is 0.211. The lowest BCUT2D eigenvalue weighted by Gasteiger charge is -1.92. The number of benzene rings is 1. The third-order valence-corrected chi connectivity index (χ3v) is 1.83. The molecule has 1 aromatic carbocycles. The largest absolute Gasteiger partial charge is 0.245 e. The van der Waals surface area contributed by atoms with Crippen LogP contribution < -0.4 is 0 Å². The first kappa shape index (κ1) is 4.02. The van der Waals surface area contributed by atoms with E-state index in [1.54, 1.807) is 23.6 Å². The Hall–Kier alpha value is -1.15. The monoisotopic (exact) mass is 164 g/mol. The molecular formula is C9H7NS. The number of hydrogen-bond donors (Lipinski definition) is 0. The molecule has 0 saturated carbocycles. The zero-order valence-electron chi connectivity index (χ0n) is 8.66. The van der Waals surface area contributed by atoms with Gasteiger partial charge in [0.2, 0.25) is 0 Å². The predicted molar refractivity (Wildman–Crippen MR) is 47.6 cm³/mol. The predicted octanol–water partition coefficient (Wildman–Crippen LogP) is 2.81. The molecule has 0 amide bonds. The van der Waals surface area contributed by atoms with Crippen molar-refractivity contribution in [1.82, 2.24) is 4.98 Å². The van der Waals surface area contributed by atoms with Crippen molar-refractivity contribution in [3.05, 3.63) is 41.2 Å². The van der Waals surface area contributed by atoms with Crippen LogP contribution >= 0.6 is 11.3 Å². The maximum absolute atomic E-state index is 7.64. The molecule has 0 aliphatic rings. The lowest BCUT2D eigenvalue weighted by atomic mass is 10.2. The normalized spacial score (nSPS) is 13.6. The highest BCUT2D eigenvalue weighted by molar-refractivity contribution is 7.07. The van der Waals surface area contributed by atoms with Crippen LogP contribution in [0.4, 0.5) is 0 Å². The first-order valence-electron chi connectivity index (χ1n) is 4.67. The van der Waals surface area contributed by atoms with E-state index in [0.717, 1.165) is 0 Å². The summed E-state index contributed by atoms with van der Waals surface area (Å²) in [6.45, 7) is 0. The Balaban J connectivity index is 2.61. The van der Waals surface area contributed by atoms with Gasteiger partial charge in [0.15, 0.2) is 0 Å². The van der Waals surface area contributed by atoms with E-state index in [9.17, 15) is 0 Å². The quantitative estimate of drug-likeness (QED) is 0.631. The third kappa shape index (κ3) is 1.30. The molecule has 0 unspecified atom stereocenters. The van der Waals surface area contributed by atoms with E-state index in [1.165, 1.54) is 11.3 Å². The van der Waals surface area contributed by atoms with Gasteiger partial charge in [-0.2, -0.15) is 0 Å². The molecule has 1 aromatic heterocycles. The van der Waals surface area contributed by atoms with Gasteiger partial charge in [-0.3, -0.25) is 0 Å². The van der Waals surface area contributed by atoms with Gasteiger partial charge in [0.25, 0.3) is 0 Å². The fourth-order valence-electron chi connectivity index (χ4n) is 0.799. The van der Waals surface area contributed by atoms with E-state index < -0.39 is 0 Å². The Labute approximate surface area is 73.6 Å². The Kier molecular flexibility index (Phi) is 1.04. The maximum atomic E-state index is 7.64. The first-order valence-corrected chi connectivity index (χ1v) is 4.05. The fraction of sp³-hybridized carbons (Fsp3) is 0. The van der Waals surface area contributed by atoms with E-state index in [1.807, 2.05) is 0 Å². The molecule has 0 bridgehead atoms. The Morgan fingerprint density at radius 1 is 1.27 bits per heavy atom. The van der Waals surface area contributed by atoms with Crippen LogP contribution in [0.15, 0.2) is 41.2 Å². The third-order valence-electron chi connectivity index (χ3n) is 1.29. The van der Waals surface area contributed by atoms with Crippen LogP contribution in [0, 0.1) is 0 Å². The zero-order chi connectivity index (χ0) is 10.1. The smallest absolute Gasteiger partial charge is 0.0960 e. The van der Waals surface area contributed by atoms with Gasteiger partial charge in [0.1, 0.15) is 0 Å². The molecule has 2 rings (SSSR count). The van der Waals surface area contributed by atoms with E-state index in [-0.39, 0.29) is 17.6 Å². The van der Waals surface area contributed by atoms with E-state index >= 15 is 0 Å². The summed E-state index contributed by atoms with van der Waals surface area (Å²) in [6.07, 6.45) is 0. The molecule has 11 heavy (non-hydrogen) atoms. The summed E-state index contributed by atoms with van der Waals surface area (Å²) in [5, 5.41) is 1.70. The van der Waals surface area contributed by atoms with Crippen LogP contribution in [0.5, 0.6) is 0 Å². The minimum Gasteiger partial charge on any atom is -0.245 e. The molecule has 0 atom stereocenters. The minimum absolute atomic E-state index is 0.211. The van der Waals surface area contributed by atoms with Crippen molar-refractivity contribution >= 4 is 11.3 Å². The standard InChI is InChI=1S/C9H7NS/c1-2-4-8(5-3-1)9-6-11-7-10-9/h1-7H/i4D,5D,7D. The van der Waals surface area contributed by atoms with Gasteiger partial charge in [-0.1, -0.05) is 30.3 Å². The van der Waals surface area contributed by atoms with E-state index in [4.69, 9.17) is 4.11 Å². The highest BCUT2D eigenvalue weighted by Crippen LogP contribution is 2.17. The average molecular weight is 164 g/mol. The van der Waals surface area contributed by atoms with Gasteiger partial charge >= 0.3 is 0 Å². The highest BCUT2D eigenvalue weighted by atomic mass is 32.1. The summed E-state index contributed by atoms with van der Waals surface area (Å²) >= 11 is 1.21. The van der Waals surface area contributed by atoms with Crippen molar-refractivity contribution in [2.24, 2.45) is 0 Å². The molecule has 2 aromatic rings. The second-order valence-corrected chi connectivity index (χ2v) is 2.67. The molecule has 0 radical (unpaired) electrons. The van der Waals surface area contributed by atoms with Crippen molar-refractivity contribution < 1.29 is 4.11 Å². The summed E-state index contributed by atoms with van der Waals surface area (Å²) in [5.74, 6) is 0. The Morgan fingerprint density at radius 2 is 2.09 bits per heavy atom. The molecule has 1 nitrogen and oxygen atoms in total. The number of hydrogen-bond acceptors (Lipinski definition) is 2.